The predicted molar refractivity (Wildman–Crippen MR) is 101 cm³/mol. The number of ether oxygens (including phenoxy) is 2. The van der Waals surface area contributed by atoms with Gasteiger partial charge in [0.25, 0.3) is 5.91 Å². The van der Waals surface area contributed by atoms with Gasteiger partial charge in [-0.3, -0.25) is 9.69 Å². The molecule has 7 nitrogen and oxygen atoms in total. The van der Waals surface area contributed by atoms with Gasteiger partial charge in [0.05, 0.1) is 31.8 Å². The van der Waals surface area contributed by atoms with Crippen LogP contribution in [0.15, 0.2) is 24.5 Å². The lowest BCUT2D eigenvalue weighted by atomic mass is 9.79. The Hall–Kier alpha value is -2.54. The number of aromatic nitrogens is 2. The highest BCUT2D eigenvalue weighted by molar-refractivity contribution is 5.99. The molecule has 144 valence electrons. The number of carbonyl (C=O) groups excluding carboxylic acids is 1. The van der Waals surface area contributed by atoms with Crippen LogP contribution in [-0.2, 0) is 12.0 Å². The van der Waals surface area contributed by atoms with E-state index >= 15 is 0 Å². The highest BCUT2D eigenvalue weighted by atomic mass is 16.5. The lowest BCUT2D eigenvalue weighted by molar-refractivity contribution is 0.0223. The molecule has 0 radical (unpaired) electrons. The Morgan fingerprint density at radius 3 is 2.44 bits per heavy atom. The van der Waals surface area contributed by atoms with Gasteiger partial charge in [0, 0.05) is 31.7 Å². The molecule has 1 amide bonds. The summed E-state index contributed by atoms with van der Waals surface area (Å²) in [5.41, 5.74) is 2.79. The highest BCUT2D eigenvalue weighted by Crippen LogP contribution is 2.42. The molecule has 27 heavy (non-hydrogen) atoms. The second kappa shape index (κ2) is 6.88. The van der Waals surface area contributed by atoms with Crippen molar-refractivity contribution in [2.45, 2.75) is 24.8 Å². The minimum Gasteiger partial charge on any atom is -0.496 e. The number of H-pyrrole nitrogens is 1. The Kier molecular flexibility index (Phi) is 4.55. The quantitative estimate of drug-likeness (QED) is 0.895. The molecular weight excluding hydrogens is 344 g/mol. The maximum absolute atomic E-state index is 13.2. The van der Waals surface area contributed by atoms with Crippen LogP contribution in [0.5, 0.6) is 11.5 Å². The molecule has 3 heterocycles. The zero-order valence-corrected chi connectivity index (χ0v) is 16.1. The molecule has 0 aliphatic carbocycles. The Balaban J connectivity index is 1.58. The van der Waals surface area contributed by atoms with Crippen molar-refractivity contribution in [1.29, 1.82) is 0 Å². The number of benzene rings is 1. The van der Waals surface area contributed by atoms with E-state index in [0.29, 0.717) is 30.2 Å². The molecule has 2 aliphatic rings. The summed E-state index contributed by atoms with van der Waals surface area (Å²) in [7, 11) is 5.32. The van der Waals surface area contributed by atoms with Gasteiger partial charge in [-0.15, -0.1) is 0 Å². The summed E-state index contributed by atoms with van der Waals surface area (Å²) in [6, 6.07) is 5.42. The Morgan fingerprint density at radius 2 is 1.81 bits per heavy atom. The molecule has 1 N–H and O–H groups in total. The van der Waals surface area contributed by atoms with E-state index in [1.807, 2.05) is 11.0 Å². The largest absolute Gasteiger partial charge is 0.496 e. The van der Waals surface area contributed by atoms with Gasteiger partial charge in [-0.05, 0) is 32.0 Å². The number of amides is 1. The topological polar surface area (TPSA) is 70.7 Å². The van der Waals surface area contributed by atoms with Crippen molar-refractivity contribution in [2.75, 3.05) is 40.9 Å². The molecule has 0 saturated carbocycles. The van der Waals surface area contributed by atoms with Crippen LogP contribution < -0.4 is 9.47 Å². The molecule has 0 atom stereocenters. The van der Waals surface area contributed by atoms with Crippen molar-refractivity contribution in [3.63, 3.8) is 0 Å². The maximum atomic E-state index is 13.2. The first-order valence-electron chi connectivity index (χ1n) is 9.35. The number of nitrogens with zero attached hydrogens (tertiary/aromatic N) is 3. The van der Waals surface area contributed by atoms with E-state index in [1.54, 1.807) is 32.7 Å². The molecule has 1 aromatic heterocycles. The summed E-state index contributed by atoms with van der Waals surface area (Å²) in [6.45, 7) is 2.36. The number of nitrogens with one attached hydrogen (secondary N) is 1. The van der Waals surface area contributed by atoms with Gasteiger partial charge in [0.2, 0.25) is 0 Å². The number of hydrogen-bond acceptors (Lipinski definition) is 5. The summed E-state index contributed by atoms with van der Waals surface area (Å²) in [5, 5.41) is 0. The minimum absolute atomic E-state index is 0.0418. The van der Waals surface area contributed by atoms with Gasteiger partial charge >= 0.3 is 0 Å². The smallest absolute Gasteiger partial charge is 0.261 e. The number of imidazole rings is 1. The molecular formula is C20H26N4O3. The van der Waals surface area contributed by atoms with Crippen molar-refractivity contribution in [2.24, 2.45) is 0 Å². The number of carbonyl (C=O) groups is 1. The lowest BCUT2D eigenvalue weighted by Gasteiger charge is -2.49. The number of methoxy groups -OCH3 is 2. The Morgan fingerprint density at radius 1 is 1.15 bits per heavy atom. The second-order valence-electron chi connectivity index (χ2n) is 7.26. The third kappa shape index (κ3) is 2.77. The summed E-state index contributed by atoms with van der Waals surface area (Å²) < 4.78 is 10.8. The standard InChI is InChI=1S/C20H26N4O3/c1-23-10-7-14-18(22-13-21-14)20(23)8-11-24(12-9-20)19(25)17-15(26-2)5-4-6-16(17)27-3/h4-6,13H,7-12H2,1-3H3,(H,21,22). The van der Waals surface area contributed by atoms with E-state index in [-0.39, 0.29) is 11.4 Å². The average Bonchev–Trinajstić information content (AvgIpc) is 3.20. The van der Waals surface area contributed by atoms with Crippen LogP contribution in [0.1, 0.15) is 34.6 Å². The third-order valence-electron chi connectivity index (χ3n) is 6.11. The molecule has 1 fully saturated rings. The average molecular weight is 370 g/mol. The summed E-state index contributed by atoms with van der Waals surface area (Å²) in [6.07, 6.45) is 4.52. The van der Waals surface area contributed by atoms with Crippen molar-refractivity contribution in [3.8, 4) is 11.5 Å². The van der Waals surface area contributed by atoms with Gasteiger partial charge in [0.1, 0.15) is 17.1 Å². The lowest BCUT2D eigenvalue weighted by Crippen LogP contribution is -2.55. The van der Waals surface area contributed by atoms with Crippen molar-refractivity contribution >= 4 is 5.91 Å². The van der Waals surface area contributed by atoms with Gasteiger partial charge < -0.3 is 19.4 Å². The van der Waals surface area contributed by atoms with Crippen LogP contribution >= 0.6 is 0 Å². The van der Waals surface area contributed by atoms with Gasteiger partial charge in [-0.2, -0.15) is 0 Å². The maximum Gasteiger partial charge on any atom is 0.261 e. The van der Waals surface area contributed by atoms with Gasteiger partial charge in [-0.1, -0.05) is 6.07 Å². The predicted octanol–water partition coefficient (Wildman–Crippen LogP) is 2.05. The fraction of sp³-hybridized carbons (Fsp3) is 0.500. The molecule has 1 aromatic carbocycles. The molecule has 1 spiro atoms. The van der Waals surface area contributed by atoms with E-state index in [2.05, 4.69) is 21.9 Å². The van der Waals surface area contributed by atoms with Crippen LogP contribution in [0.4, 0.5) is 0 Å². The van der Waals surface area contributed by atoms with Crippen LogP contribution in [0.3, 0.4) is 0 Å². The molecule has 0 unspecified atom stereocenters. The highest BCUT2D eigenvalue weighted by Gasteiger charge is 2.46. The van der Waals surface area contributed by atoms with E-state index in [1.165, 1.54) is 5.69 Å². The number of piperidine rings is 1. The molecule has 7 heteroatoms. The first-order valence-corrected chi connectivity index (χ1v) is 9.35. The number of rotatable bonds is 3. The number of hydrogen-bond donors (Lipinski definition) is 1. The number of likely N-dealkylation sites (tertiary alicyclic amines) is 1. The number of likely N-dealkylation sites (N-methyl/N-ethyl adjacent to an activating group) is 1. The first kappa shape index (κ1) is 17.9. The van der Waals surface area contributed by atoms with E-state index in [4.69, 9.17) is 9.47 Å². The van der Waals surface area contributed by atoms with E-state index in [9.17, 15) is 4.79 Å². The number of aromatic amines is 1. The molecule has 0 bridgehead atoms. The molecule has 1 saturated heterocycles. The van der Waals surface area contributed by atoms with Crippen LogP contribution in [0.25, 0.3) is 0 Å². The SMILES string of the molecule is COc1cccc(OC)c1C(=O)N1CCC2(CC1)c1nc[nH]c1CCN2C. The van der Waals surface area contributed by atoms with Gasteiger partial charge in [0.15, 0.2) is 0 Å². The fourth-order valence-corrected chi connectivity index (χ4v) is 4.51. The van der Waals surface area contributed by atoms with Crippen LogP contribution in [0, 0.1) is 0 Å². The number of fused-ring (bicyclic) bond motifs is 2. The third-order valence-corrected chi connectivity index (χ3v) is 6.11. The fourth-order valence-electron chi connectivity index (χ4n) is 4.51. The minimum atomic E-state index is -0.0881. The zero-order valence-electron chi connectivity index (χ0n) is 16.1. The summed E-state index contributed by atoms with van der Waals surface area (Å²) in [5.74, 6) is 1.05. The van der Waals surface area contributed by atoms with Crippen molar-refractivity contribution < 1.29 is 14.3 Å². The molecule has 4 rings (SSSR count). The van der Waals surface area contributed by atoms with Crippen LogP contribution in [-0.4, -0.2) is 66.6 Å². The van der Waals surface area contributed by atoms with Crippen molar-refractivity contribution in [3.05, 3.63) is 41.5 Å². The van der Waals surface area contributed by atoms with E-state index < -0.39 is 0 Å². The van der Waals surface area contributed by atoms with Gasteiger partial charge in [-0.25, -0.2) is 4.98 Å². The normalized spacial score (nSPS) is 19.0. The van der Waals surface area contributed by atoms with E-state index in [0.717, 1.165) is 31.5 Å². The molecule has 2 aromatic rings. The van der Waals surface area contributed by atoms with Crippen LogP contribution in [0.2, 0.25) is 0 Å². The first-order chi connectivity index (χ1) is 13.1. The second-order valence-corrected chi connectivity index (χ2v) is 7.26. The Labute approximate surface area is 159 Å². The zero-order chi connectivity index (χ0) is 19.0. The molecule has 2 aliphatic heterocycles. The van der Waals surface area contributed by atoms with Crippen molar-refractivity contribution in [1.82, 2.24) is 19.8 Å². The summed E-state index contributed by atoms with van der Waals surface area (Å²) in [4.78, 5) is 25.5. The summed E-state index contributed by atoms with van der Waals surface area (Å²) >= 11 is 0. The Bertz CT molecular complexity index is 817. The monoisotopic (exact) mass is 370 g/mol.